The van der Waals surface area contributed by atoms with E-state index in [4.69, 9.17) is 33.1 Å². The number of aromatic nitrogens is 2. The molecule has 1 aliphatic heterocycles. The van der Waals surface area contributed by atoms with Gasteiger partial charge in [-0.2, -0.15) is 4.98 Å². The number of nitrogens with zero attached hydrogens (tertiary/aromatic N) is 3. The van der Waals surface area contributed by atoms with Crippen molar-refractivity contribution >= 4 is 34.5 Å². The van der Waals surface area contributed by atoms with Crippen LogP contribution in [0.1, 0.15) is 37.8 Å². The van der Waals surface area contributed by atoms with Gasteiger partial charge in [0.25, 0.3) is 5.89 Å². The fourth-order valence-electron chi connectivity index (χ4n) is 3.71. The summed E-state index contributed by atoms with van der Waals surface area (Å²) < 4.78 is 24.8. The van der Waals surface area contributed by atoms with Crippen molar-refractivity contribution in [2.24, 2.45) is 0 Å². The molecule has 2 heterocycles. The lowest BCUT2D eigenvalue weighted by Gasteiger charge is -2.37. The fourth-order valence-corrected chi connectivity index (χ4v) is 4.18. The van der Waals surface area contributed by atoms with Gasteiger partial charge in [-0.15, -0.1) is 0 Å². The Hall–Kier alpha value is -2.97. The second-order valence-corrected chi connectivity index (χ2v) is 8.18. The SMILES string of the molecule is CCCN1C(=S)NC(c2ccc(Cl)cc2)C(c2nc(-c3ccc(OC)c(F)c3)no2)=C1C. The van der Waals surface area contributed by atoms with E-state index in [2.05, 4.69) is 22.4 Å². The van der Waals surface area contributed by atoms with Crippen molar-refractivity contribution in [3.63, 3.8) is 0 Å². The van der Waals surface area contributed by atoms with Crippen LogP contribution in [0.3, 0.4) is 0 Å². The van der Waals surface area contributed by atoms with Gasteiger partial charge in [0.1, 0.15) is 0 Å². The van der Waals surface area contributed by atoms with E-state index in [1.165, 1.54) is 19.2 Å². The molecule has 6 nitrogen and oxygen atoms in total. The minimum atomic E-state index is -0.496. The Balaban J connectivity index is 1.79. The maximum atomic E-state index is 14.2. The summed E-state index contributed by atoms with van der Waals surface area (Å²) in [7, 11) is 1.42. The molecule has 3 aromatic rings. The molecule has 9 heteroatoms. The quantitative estimate of drug-likeness (QED) is 0.468. The molecule has 0 spiro atoms. The van der Waals surface area contributed by atoms with Gasteiger partial charge in [-0.1, -0.05) is 35.8 Å². The lowest BCUT2D eigenvalue weighted by molar-refractivity contribution is 0.386. The van der Waals surface area contributed by atoms with Crippen molar-refractivity contribution in [2.75, 3.05) is 13.7 Å². The second kappa shape index (κ2) is 9.26. The van der Waals surface area contributed by atoms with Gasteiger partial charge >= 0.3 is 0 Å². The van der Waals surface area contributed by atoms with E-state index < -0.39 is 5.82 Å². The fraction of sp³-hybridized carbons (Fsp3) is 0.261. The highest BCUT2D eigenvalue weighted by Crippen LogP contribution is 2.38. The average molecular weight is 473 g/mol. The summed E-state index contributed by atoms with van der Waals surface area (Å²) in [5.74, 6) is 0.278. The summed E-state index contributed by atoms with van der Waals surface area (Å²) in [4.78, 5) is 6.61. The molecule has 4 rings (SSSR count). The van der Waals surface area contributed by atoms with Crippen LogP contribution in [0.2, 0.25) is 5.02 Å². The van der Waals surface area contributed by atoms with Crippen molar-refractivity contribution in [2.45, 2.75) is 26.3 Å². The van der Waals surface area contributed by atoms with Crippen LogP contribution in [0.25, 0.3) is 17.0 Å². The average Bonchev–Trinajstić information content (AvgIpc) is 3.26. The number of hydrogen-bond acceptors (Lipinski definition) is 5. The Morgan fingerprint density at radius 3 is 2.66 bits per heavy atom. The first-order valence-corrected chi connectivity index (χ1v) is 10.9. The van der Waals surface area contributed by atoms with E-state index in [0.717, 1.165) is 29.8 Å². The van der Waals surface area contributed by atoms with Gasteiger partial charge in [0.15, 0.2) is 16.7 Å². The van der Waals surface area contributed by atoms with E-state index in [1.807, 2.05) is 36.1 Å². The number of methoxy groups -OCH3 is 1. The van der Waals surface area contributed by atoms with Gasteiger partial charge in [0, 0.05) is 22.8 Å². The highest BCUT2D eigenvalue weighted by atomic mass is 35.5. The number of nitrogens with one attached hydrogen (secondary N) is 1. The van der Waals surface area contributed by atoms with Crippen LogP contribution >= 0.6 is 23.8 Å². The Bertz CT molecular complexity index is 1180. The summed E-state index contributed by atoms with van der Waals surface area (Å²) in [6.45, 7) is 4.82. The molecule has 0 aliphatic carbocycles. The largest absolute Gasteiger partial charge is 0.494 e. The van der Waals surface area contributed by atoms with Crippen LogP contribution in [-0.2, 0) is 0 Å². The molecule has 0 bridgehead atoms. The summed E-state index contributed by atoms with van der Waals surface area (Å²) in [5.41, 5.74) is 3.18. The van der Waals surface area contributed by atoms with Gasteiger partial charge in [0.05, 0.1) is 18.7 Å². The number of hydrogen-bond donors (Lipinski definition) is 1. The van der Waals surface area contributed by atoms with Crippen molar-refractivity contribution in [1.82, 2.24) is 20.4 Å². The first-order valence-electron chi connectivity index (χ1n) is 10.1. The maximum Gasteiger partial charge on any atom is 0.258 e. The molecule has 32 heavy (non-hydrogen) atoms. The highest BCUT2D eigenvalue weighted by molar-refractivity contribution is 7.80. The third-order valence-electron chi connectivity index (χ3n) is 5.31. The smallest absolute Gasteiger partial charge is 0.258 e. The zero-order valence-corrected chi connectivity index (χ0v) is 19.4. The molecule has 1 aromatic heterocycles. The van der Waals surface area contributed by atoms with Crippen LogP contribution in [0.5, 0.6) is 5.75 Å². The van der Waals surface area contributed by atoms with E-state index in [0.29, 0.717) is 21.6 Å². The molecular weight excluding hydrogens is 451 g/mol. The summed E-state index contributed by atoms with van der Waals surface area (Å²) >= 11 is 11.7. The number of allylic oxidation sites excluding steroid dienone is 1. The number of halogens is 2. The minimum absolute atomic E-state index is 0.152. The molecule has 166 valence electrons. The third kappa shape index (κ3) is 4.20. The molecule has 1 N–H and O–H groups in total. The highest BCUT2D eigenvalue weighted by Gasteiger charge is 2.33. The van der Waals surface area contributed by atoms with Crippen LogP contribution in [0, 0.1) is 5.82 Å². The Morgan fingerprint density at radius 1 is 1.25 bits per heavy atom. The van der Waals surface area contributed by atoms with Gasteiger partial charge in [0.2, 0.25) is 5.82 Å². The molecule has 0 saturated carbocycles. The molecule has 0 fully saturated rings. The predicted octanol–water partition coefficient (Wildman–Crippen LogP) is 5.61. The van der Waals surface area contributed by atoms with E-state index in [-0.39, 0.29) is 17.6 Å². The topological polar surface area (TPSA) is 63.4 Å². The molecule has 0 saturated heterocycles. The normalized spacial score (nSPS) is 16.3. The summed E-state index contributed by atoms with van der Waals surface area (Å²) in [6.07, 6.45) is 0.915. The first-order chi connectivity index (χ1) is 15.4. The molecular formula is C23H22ClFN4O2S. The first kappa shape index (κ1) is 22.2. The van der Waals surface area contributed by atoms with E-state index in [1.54, 1.807) is 6.07 Å². The van der Waals surface area contributed by atoms with Crippen LogP contribution in [0.4, 0.5) is 4.39 Å². The number of rotatable bonds is 6. The Kier molecular flexibility index (Phi) is 6.43. The maximum absolute atomic E-state index is 14.2. The van der Waals surface area contributed by atoms with Crippen LogP contribution in [-0.4, -0.2) is 33.8 Å². The predicted molar refractivity (Wildman–Crippen MR) is 126 cm³/mol. The van der Waals surface area contributed by atoms with Crippen molar-refractivity contribution < 1.29 is 13.7 Å². The van der Waals surface area contributed by atoms with Gasteiger partial charge in [-0.25, -0.2) is 4.39 Å². The number of thiocarbonyl (C=S) groups is 1. The van der Waals surface area contributed by atoms with Gasteiger partial charge in [-0.05, 0) is 61.5 Å². The monoisotopic (exact) mass is 472 g/mol. The van der Waals surface area contributed by atoms with Crippen molar-refractivity contribution in [1.29, 1.82) is 0 Å². The molecule has 1 aliphatic rings. The van der Waals surface area contributed by atoms with Crippen molar-refractivity contribution in [3.8, 4) is 17.1 Å². The third-order valence-corrected chi connectivity index (χ3v) is 5.90. The van der Waals surface area contributed by atoms with Crippen molar-refractivity contribution in [3.05, 3.63) is 70.5 Å². The second-order valence-electron chi connectivity index (χ2n) is 7.36. The lowest BCUT2D eigenvalue weighted by Crippen LogP contribution is -2.46. The van der Waals surface area contributed by atoms with Gasteiger partial charge < -0.3 is 19.5 Å². The number of benzene rings is 2. The van der Waals surface area contributed by atoms with Crippen LogP contribution < -0.4 is 10.1 Å². The standard InChI is InChI=1S/C23H22ClFN4O2S/c1-4-11-29-13(2)19(20(26-23(29)32)14-5-8-16(24)9-6-14)22-27-21(28-31-22)15-7-10-18(30-3)17(25)12-15/h5-10,12,20H,4,11H2,1-3H3,(H,26,32). The van der Waals surface area contributed by atoms with Gasteiger partial charge in [-0.3, -0.25) is 0 Å². The lowest BCUT2D eigenvalue weighted by atomic mass is 9.95. The molecule has 0 radical (unpaired) electrons. The zero-order chi connectivity index (χ0) is 22.8. The molecule has 1 unspecified atom stereocenters. The summed E-state index contributed by atoms with van der Waals surface area (Å²) in [6, 6.07) is 11.8. The number of ether oxygens (including phenoxy) is 1. The van der Waals surface area contributed by atoms with E-state index >= 15 is 0 Å². The Morgan fingerprint density at radius 2 is 2.00 bits per heavy atom. The minimum Gasteiger partial charge on any atom is -0.494 e. The van der Waals surface area contributed by atoms with Crippen LogP contribution in [0.15, 0.2) is 52.7 Å². The Labute approximate surface area is 196 Å². The zero-order valence-electron chi connectivity index (χ0n) is 17.9. The summed E-state index contributed by atoms with van der Waals surface area (Å²) in [5, 5.41) is 8.76. The molecule has 0 amide bonds. The van der Waals surface area contributed by atoms with E-state index in [9.17, 15) is 4.39 Å². The molecule has 2 aromatic carbocycles. The molecule has 1 atom stereocenters.